The zero-order valence-electron chi connectivity index (χ0n) is 20.9. The summed E-state index contributed by atoms with van der Waals surface area (Å²) in [6.45, 7) is 14.8. The molecule has 0 bridgehead atoms. The minimum atomic E-state index is 0. The van der Waals surface area contributed by atoms with E-state index in [9.17, 15) is 4.79 Å². The van der Waals surface area contributed by atoms with E-state index in [1.54, 1.807) is 4.90 Å². The van der Waals surface area contributed by atoms with Gasteiger partial charge in [-0.3, -0.25) is 19.6 Å². The molecule has 0 aromatic carbocycles. The average Bonchev–Trinajstić information content (AvgIpc) is 3.22. The van der Waals surface area contributed by atoms with Crippen molar-refractivity contribution in [1.29, 1.82) is 0 Å². The van der Waals surface area contributed by atoms with Crippen molar-refractivity contribution >= 4 is 35.8 Å². The van der Waals surface area contributed by atoms with Crippen molar-refractivity contribution in [2.75, 3.05) is 73.1 Å². The van der Waals surface area contributed by atoms with E-state index >= 15 is 0 Å². The van der Waals surface area contributed by atoms with Gasteiger partial charge in [-0.25, -0.2) is 0 Å². The Bertz CT molecular complexity index is 555. The minimum Gasteiger partial charge on any atom is -0.379 e. The molecule has 2 fully saturated rings. The van der Waals surface area contributed by atoms with Gasteiger partial charge in [0.1, 0.15) is 0 Å². The predicted molar refractivity (Wildman–Crippen MR) is 143 cm³/mol. The predicted octanol–water partition coefficient (Wildman–Crippen LogP) is 1.85. The number of amides is 1. The minimum absolute atomic E-state index is 0. The number of likely N-dealkylation sites (N-methyl/N-ethyl adjacent to an activating group) is 1. The summed E-state index contributed by atoms with van der Waals surface area (Å²) in [5.41, 5.74) is 0. The van der Waals surface area contributed by atoms with Crippen LogP contribution in [0.1, 0.15) is 46.5 Å². The lowest BCUT2D eigenvalue weighted by Gasteiger charge is -2.34. The molecule has 0 radical (unpaired) electrons. The molecule has 2 N–H and O–H groups in total. The van der Waals surface area contributed by atoms with Crippen LogP contribution in [-0.4, -0.2) is 112 Å². The molecular weight excluding hydrogens is 519 g/mol. The van der Waals surface area contributed by atoms with Crippen molar-refractivity contribution in [1.82, 2.24) is 25.3 Å². The van der Waals surface area contributed by atoms with Gasteiger partial charge in [0.15, 0.2) is 5.96 Å². The topological polar surface area (TPSA) is 72.4 Å². The molecule has 1 amide bonds. The Kier molecular flexibility index (Phi) is 14.7. The third kappa shape index (κ3) is 10.1. The summed E-state index contributed by atoms with van der Waals surface area (Å²) in [5.74, 6) is 1.78. The molecule has 2 rings (SSSR count). The van der Waals surface area contributed by atoms with E-state index in [2.05, 4.69) is 41.2 Å². The maximum atomic E-state index is 12.4. The molecule has 0 aromatic heterocycles. The van der Waals surface area contributed by atoms with Gasteiger partial charge in [0, 0.05) is 52.9 Å². The normalized spacial score (nSPS) is 21.3. The van der Waals surface area contributed by atoms with E-state index in [0.717, 1.165) is 90.7 Å². The molecule has 2 unspecified atom stereocenters. The van der Waals surface area contributed by atoms with Gasteiger partial charge in [-0.1, -0.05) is 13.8 Å². The molecule has 0 saturated carbocycles. The fourth-order valence-electron chi connectivity index (χ4n) is 4.52. The van der Waals surface area contributed by atoms with Crippen molar-refractivity contribution in [2.45, 2.75) is 58.5 Å². The van der Waals surface area contributed by atoms with Gasteiger partial charge in [-0.05, 0) is 45.1 Å². The monoisotopic (exact) mass is 566 g/mol. The lowest BCUT2D eigenvalue weighted by Crippen LogP contribution is -2.46. The number of hydrogen-bond acceptors (Lipinski definition) is 5. The zero-order valence-corrected chi connectivity index (χ0v) is 23.3. The second kappa shape index (κ2) is 16.1. The third-order valence-corrected chi connectivity index (χ3v) is 6.11. The van der Waals surface area contributed by atoms with Crippen LogP contribution in [-0.2, 0) is 9.53 Å². The van der Waals surface area contributed by atoms with Crippen LogP contribution in [0.4, 0.5) is 0 Å². The van der Waals surface area contributed by atoms with Crippen LogP contribution in [0, 0.1) is 5.92 Å². The van der Waals surface area contributed by atoms with Gasteiger partial charge in [0.25, 0.3) is 0 Å². The highest BCUT2D eigenvalue weighted by Crippen LogP contribution is 2.18. The van der Waals surface area contributed by atoms with Crippen LogP contribution in [0.15, 0.2) is 4.99 Å². The molecule has 2 atom stereocenters. The van der Waals surface area contributed by atoms with Gasteiger partial charge < -0.3 is 20.3 Å². The van der Waals surface area contributed by atoms with Crippen molar-refractivity contribution < 1.29 is 9.53 Å². The first kappa shape index (κ1) is 29.4. The Balaban J connectivity index is 0.00000512. The summed E-state index contributed by atoms with van der Waals surface area (Å²) in [7, 11) is 3.70. The number of ether oxygens (including phenoxy) is 1. The van der Waals surface area contributed by atoms with Gasteiger partial charge >= 0.3 is 0 Å². The number of aliphatic imine (C=N–C) groups is 1. The Hall–Kier alpha value is -0.650. The van der Waals surface area contributed by atoms with Crippen LogP contribution in [0.2, 0.25) is 0 Å². The maximum Gasteiger partial charge on any atom is 0.239 e. The van der Waals surface area contributed by atoms with Gasteiger partial charge in [-0.2, -0.15) is 0 Å². The molecule has 9 heteroatoms. The number of carbonyl (C=O) groups is 1. The Labute approximate surface area is 212 Å². The van der Waals surface area contributed by atoms with Gasteiger partial charge in [0.2, 0.25) is 5.91 Å². The molecule has 0 spiro atoms. The second-order valence-corrected chi connectivity index (χ2v) is 9.36. The first-order chi connectivity index (χ1) is 14.9. The van der Waals surface area contributed by atoms with Crippen LogP contribution < -0.4 is 10.6 Å². The maximum absolute atomic E-state index is 12.4. The number of carbonyl (C=O) groups excluding carboxylic acids is 1. The smallest absolute Gasteiger partial charge is 0.239 e. The van der Waals surface area contributed by atoms with Crippen molar-refractivity contribution in [2.24, 2.45) is 10.9 Å². The highest BCUT2D eigenvalue weighted by molar-refractivity contribution is 14.0. The van der Waals surface area contributed by atoms with E-state index in [1.165, 1.54) is 0 Å². The number of nitrogens with one attached hydrogen (secondary N) is 2. The fourth-order valence-corrected chi connectivity index (χ4v) is 4.52. The quantitative estimate of drug-likeness (QED) is 0.172. The third-order valence-electron chi connectivity index (χ3n) is 6.11. The molecule has 2 aliphatic heterocycles. The molecule has 2 heterocycles. The summed E-state index contributed by atoms with van der Waals surface area (Å²) in [6, 6.07) is 0.518. The fraction of sp³-hybridized carbons (Fsp3) is 0.913. The number of rotatable bonds is 11. The summed E-state index contributed by atoms with van der Waals surface area (Å²) in [6.07, 6.45) is 4.24. The highest BCUT2D eigenvalue weighted by Gasteiger charge is 2.31. The SMILES string of the molecule is CCNC(=NCC(CC(C)C)N1CCOCC1)NCCCN1CCCC1C(=O)N(C)C.I. The second-order valence-electron chi connectivity index (χ2n) is 9.36. The van der Waals surface area contributed by atoms with Crippen molar-refractivity contribution in [3.8, 4) is 0 Å². The van der Waals surface area contributed by atoms with E-state index < -0.39 is 0 Å². The molecule has 32 heavy (non-hydrogen) atoms. The van der Waals surface area contributed by atoms with Crippen LogP contribution >= 0.6 is 24.0 Å². The summed E-state index contributed by atoms with van der Waals surface area (Å²) >= 11 is 0. The molecule has 188 valence electrons. The highest BCUT2D eigenvalue weighted by atomic mass is 127. The van der Waals surface area contributed by atoms with E-state index in [-0.39, 0.29) is 35.9 Å². The van der Waals surface area contributed by atoms with E-state index in [0.29, 0.717) is 12.0 Å². The van der Waals surface area contributed by atoms with Crippen LogP contribution in [0.25, 0.3) is 0 Å². The molecule has 0 aliphatic carbocycles. The lowest BCUT2D eigenvalue weighted by molar-refractivity contribution is -0.133. The summed E-state index contributed by atoms with van der Waals surface area (Å²) in [4.78, 5) is 23.9. The largest absolute Gasteiger partial charge is 0.379 e. The zero-order chi connectivity index (χ0) is 22.6. The first-order valence-electron chi connectivity index (χ1n) is 12.2. The number of morpholine rings is 1. The molecule has 0 aromatic rings. The van der Waals surface area contributed by atoms with Crippen LogP contribution in [0.3, 0.4) is 0 Å². The summed E-state index contributed by atoms with van der Waals surface area (Å²) in [5, 5.41) is 6.88. The number of halogens is 1. The lowest BCUT2D eigenvalue weighted by atomic mass is 10.0. The summed E-state index contributed by atoms with van der Waals surface area (Å²) < 4.78 is 5.53. The van der Waals surface area contributed by atoms with E-state index in [1.807, 2.05) is 14.1 Å². The standard InChI is InChI=1S/C23H46N6O2.HI/c1-6-24-23(26-18-20(17-19(2)3)28-13-15-31-16-14-28)25-10-8-12-29-11-7-9-21(29)22(30)27(4)5;/h19-21H,6-18H2,1-5H3,(H2,24,25,26);1H. The van der Waals surface area contributed by atoms with Crippen LogP contribution in [0.5, 0.6) is 0 Å². The average molecular weight is 567 g/mol. The number of nitrogens with zero attached hydrogens (tertiary/aromatic N) is 4. The number of likely N-dealkylation sites (tertiary alicyclic amines) is 1. The number of guanidine groups is 1. The first-order valence-corrected chi connectivity index (χ1v) is 12.2. The van der Waals surface area contributed by atoms with Crippen molar-refractivity contribution in [3.63, 3.8) is 0 Å². The molecule has 8 nitrogen and oxygen atoms in total. The Morgan fingerprint density at radius 3 is 2.53 bits per heavy atom. The molecule has 2 aliphatic rings. The van der Waals surface area contributed by atoms with Gasteiger partial charge in [-0.15, -0.1) is 24.0 Å². The number of hydrogen-bond donors (Lipinski definition) is 2. The molecular formula is C23H47IN6O2. The Morgan fingerprint density at radius 1 is 1.19 bits per heavy atom. The van der Waals surface area contributed by atoms with Gasteiger partial charge in [0.05, 0.1) is 25.8 Å². The van der Waals surface area contributed by atoms with Crippen molar-refractivity contribution in [3.05, 3.63) is 0 Å². The van der Waals surface area contributed by atoms with E-state index in [4.69, 9.17) is 9.73 Å². The Morgan fingerprint density at radius 2 is 1.91 bits per heavy atom. The molecule has 2 saturated heterocycles.